The van der Waals surface area contributed by atoms with E-state index in [0.29, 0.717) is 6.42 Å². The lowest BCUT2D eigenvalue weighted by molar-refractivity contribution is 0.108. The fourth-order valence-electron chi connectivity index (χ4n) is 3.62. The predicted molar refractivity (Wildman–Crippen MR) is 77.8 cm³/mol. The molecule has 1 aliphatic carbocycles. The Morgan fingerprint density at radius 3 is 2.15 bits per heavy atom. The zero-order valence-electron chi connectivity index (χ0n) is 12.5. The van der Waals surface area contributed by atoms with E-state index in [2.05, 4.69) is 24.3 Å². The van der Waals surface area contributed by atoms with Crippen molar-refractivity contribution in [3.63, 3.8) is 0 Å². The van der Waals surface area contributed by atoms with Crippen LogP contribution in [-0.2, 0) is 6.42 Å². The van der Waals surface area contributed by atoms with Gasteiger partial charge in [-0.25, -0.2) is 8.78 Å². The normalized spacial score (nSPS) is 19.5. The Labute approximate surface area is 120 Å². The average molecular weight is 282 g/mol. The molecule has 0 bridgehead atoms. The van der Waals surface area contributed by atoms with Gasteiger partial charge in [-0.3, -0.25) is 0 Å². The van der Waals surface area contributed by atoms with E-state index < -0.39 is 11.6 Å². The third-order valence-corrected chi connectivity index (χ3v) is 4.72. The zero-order valence-corrected chi connectivity index (χ0v) is 12.5. The van der Waals surface area contributed by atoms with Gasteiger partial charge >= 0.3 is 0 Å². The number of nitrogens with zero attached hydrogens (tertiary/aromatic N) is 1. The van der Waals surface area contributed by atoms with Gasteiger partial charge in [0.25, 0.3) is 0 Å². The van der Waals surface area contributed by atoms with Gasteiger partial charge in [0.05, 0.1) is 0 Å². The topological polar surface area (TPSA) is 15.3 Å². The summed E-state index contributed by atoms with van der Waals surface area (Å²) in [4.78, 5) is 2.27. The number of rotatable bonds is 5. The second-order valence-corrected chi connectivity index (χ2v) is 6.03. The molecule has 1 aromatic rings. The van der Waals surface area contributed by atoms with Crippen LogP contribution >= 0.6 is 0 Å². The minimum absolute atomic E-state index is 0.0809. The van der Waals surface area contributed by atoms with Crippen molar-refractivity contribution >= 4 is 0 Å². The van der Waals surface area contributed by atoms with E-state index >= 15 is 0 Å². The van der Waals surface area contributed by atoms with E-state index in [9.17, 15) is 8.78 Å². The van der Waals surface area contributed by atoms with Crippen molar-refractivity contribution in [2.24, 2.45) is 0 Å². The molecular weight excluding hydrogens is 258 g/mol. The number of hydrogen-bond donors (Lipinski definition) is 1. The molecule has 1 aromatic carbocycles. The molecule has 0 aliphatic heterocycles. The molecule has 1 N–H and O–H groups in total. The van der Waals surface area contributed by atoms with Gasteiger partial charge in [-0.15, -0.1) is 0 Å². The highest BCUT2D eigenvalue weighted by molar-refractivity contribution is 5.20. The maximum Gasteiger partial charge on any atom is 0.126 e. The van der Waals surface area contributed by atoms with Crippen molar-refractivity contribution in [2.45, 2.75) is 43.7 Å². The standard InChI is InChI=1S/C16H24F2N2/c1-19-15(16(20(2)3)6-4-5-7-16)10-12-8-13(17)11-14(18)9-12/h8-9,11,15,19H,4-7,10H2,1-3H3. The number of benzene rings is 1. The lowest BCUT2D eigenvalue weighted by atomic mass is 9.83. The van der Waals surface area contributed by atoms with Crippen LogP contribution in [0.1, 0.15) is 31.2 Å². The predicted octanol–water partition coefficient (Wildman–Crippen LogP) is 2.97. The van der Waals surface area contributed by atoms with Gasteiger partial charge in [-0.1, -0.05) is 12.8 Å². The van der Waals surface area contributed by atoms with Crippen LogP contribution in [0.4, 0.5) is 8.78 Å². The van der Waals surface area contributed by atoms with Gasteiger partial charge in [0.15, 0.2) is 0 Å². The quantitative estimate of drug-likeness (QED) is 0.893. The molecule has 4 heteroatoms. The van der Waals surface area contributed by atoms with Gasteiger partial charge in [0, 0.05) is 17.6 Å². The highest BCUT2D eigenvalue weighted by Crippen LogP contribution is 2.37. The molecule has 2 rings (SSSR count). The molecule has 1 fully saturated rings. The van der Waals surface area contributed by atoms with E-state index in [4.69, 9.17) is 0 Å². The summed E-state index contributed by atoms with van der Waals surface area (Å²) in [7, 11) is 6.13. The maximum absolute atomic E-state index is 13.3. The lowest BCUT2D eigenvalue weighted by Gasteiger charge is -2.43. The molecule has 0 radical (unpaired) electrons. The van der Waals surface area contributed by atoms with Crippen LogP contribution in [-0.4, -0.2) is 37.6 Å². The van der Waals surface area contributed by atoms with Gasteiger partial charge < -0.3 is 10.2 Å². The van der Waals surface area contributed by atoms with E-state index in [0.717, 1.165) is 24.5 Å². The summed E-state index contributed by atoms with van der Waals surface area (Å²) in [5, 5.41) is 3.37. The number of halogens is 2. The van der Waals surface area contributed by atoms with Crippen molar-refractivity contribution in [3.05, 3.63) is 35.4 Å². The van der Waals surface area contributed by atoms with Gasteiger partial charge in [-0.2, -0.15) is 0 Å². The Morgan fingerprint density at radius 2 is 1.70 bits per heavy atom. The fraction of sp³-hybridized carbons (Fsp3) is 0.625. The molecule has 1 saturated carbocycles. The van der Waals surface area contributed by atoms with E-state index in [1.165, 1.54) is 25.0 Å². The van der Waals surface area contributed by atoms with Crippen LogP contribution in [0.5, 0.6) is 0 Å². The number of nitrogens with one attached hydrogen (secondary N) is 1. The molecule has 0 saturated heterocycles. The Bertz CT molecular complexity index is 434. The van der Waals surface area contributed by atoms with Crippen molar-refractivity contribution < 1.29 is 8.78 Å². The summed E-state index contributed by atoms with van der Waals surface area (Å²) in [6.45, 7) is 0. The molecule has 1 unspecified atom stereocenters. The molecule has 112 valence electrons. The van der Waals surface area contributed by atoms with Gasteiger partial charge in [0.2, 0.25) is 0 Å². The SMILES string of the molecule is CNC(Cc1cc(F)cc(F)c1)C1(N(C)C)CCCC1. The molecule has 20 heavy (non-hydrogen) atoms. The summed E-state index contributed by atoms with van der Waals surface area (Å²) < 4.78 is 26.7. The maximum atomic E-state index is 13.3. The highest BCUT2D eigenvalue weighted by Gasteiger charge is 2.42. The highest BCUT2D eigenvalue weighted by atomic mass is 19.1. The molecule has 1 aliphatic rings. The first-order valence-electron chi connectivity index (χ1n) is 7.27. The van der Waals surface area contributed by atoms with E-state index in [-0.39, 0.29) is 11.6 Å². The minimum Gasteiger partial charge on any atom is -0.315 e. The molecule has 2 nitrogen and oxygen atoms in total. The van der Waals surface area contributed by atoms with Crippen LogP contribution in [0.25, 0.3) is 0 Å². The number of hydrogen-bond acceptors (Lipinski definition) is 2. The first-order chi connectivity index (χ1) is 9.48. The average Bonchev–Trinajstić information content (AvgIpc) is 2.85. The molecule has 0 heterocycles. The van der Waals surface area contributed by atoms with Crippen molar-refractivity contribution in [3.8, 4) is 0 Å². The summed E-state index contributed by atoms with van der Waals surface area (Å²) >= 11 is 0. The fourth-order valence-corrected chi connectivity index (χ4v) is 3.62. The Kier molecular flexibility index (Phi) is 4.76. The third kappa shape index (κ3) is 3.01. The van der Waals surface area contributed by atoms with Crippen molar-refractivity contribution in [2.75, 3.05) is 21.1 Å². The van der Waals surface area contributed by atoms with Gasteiger partial charge in [-0.05, 0) is 58.1 Å². The van der Waals surface area contributed by atoms with Crippen LogP contribution in [0.3, 0.4) is 0 Å². The number of likely N-dealkylation sites (N-methyl/N-ethyl adjacent to an activating group) is 2. The lowest BCUT2D eigenvalue weighted by Crippen LogP contribution is -2.57. The third-order valence-electron chi connectivity index (χ3n) is 4.72. The first kappa shape index (κ1) is 15.4. The first-order valence-corrected chi connectivity index (χ1v) is 7.27. The Balaban J connectivity index is 2.23. The van der Waals surface area contributed by atoms with Crippen LogP contribution in [0.2, 0.25) is 0 Å². The van der Waals surface area contributed by atoms with Crippen molar-refractivity contribution in [1.82, 2.24) is 10.2 Å². The molecule has 0 amide bonds. The Morgan fingerprint density at radius 1 is 1.15 bits per heavy atom. The van der Waals surface area contributed by atoms with Crippen LogP contribution in [0.15, 0.2) is 18.2 Å². The zero-order chi connectivity index (χ0) is 14.8. The van der Waals surface area contributed by atoms with E-state index in [1.807, 2.05) is 7.05 Å². The van der Waals surface area contributed by atoms with Crippen LogP contribution < -0.4 is 5.32 Å². The largest absolute Gasteiger partial charge is 0.315 e. The summed E-state index contributed by atoms with van der Waals surface area (Å²) in [5.74, 6) is -1.000. The minimum atomic E-state index is -0.500. The van der Waals surface area contributed by atoms with Crippen LogP contribution in [0, 0.1) is 11.6 Å². The van der Waals surface area contributed by atoms with Crippen molar-refractivity contribution in [1.29, 1.82) is 0 Å². The molecule has 1 atom stereocenters. The summed E-state index contributed by atoms with van der Waals surface area (Å²) in [6.07, 6.45) is 5.33. The van der Waals surface area contributed by atoms with E-state index in [1.54, 1.807) is 0 Å². The monoisotopic (exact) mass is 282 g/mol. The van der Waals surface area contributed by atoms with Gasteiger partial charge in [0.1, 0.15) is 11.6 Å². The Hall–Kier alpha value is -1.00. The summed E-state index contributed by atoms with van der Waals surface area (Å²) in [6, 6.07) is 3.99. The second kappa shape index (κ2) is 6.19. The second-order valence-electron chi connectivity index (χ2n) is 6.03. The summed E-state index contributed by atoms with van der Waals surface area (Å²) in [5.41, 5.74) is 0.798. The molecular formula is C16H24F2N2. The molecule has 0 spiro atoms. The molecule has 0 aromatic heterocycles. The smallest absolute Gasteiger partial charge is 0.126 e.